The molecule has 2 heterocycles. The van der Waals surface area contributed by atoms with Crippen molar-refractivity contribution in [2.24, 2.45) is 0 Å². The smallest absolute Gasteiger partial charge is 0.226 e. The predicted octanol–water partition coefficient (Wildman–Crippen LogP) is 2.53. The van der Waals surface area contributed by atoms with Crippen LogP contribution in [0, 0.1) is 0 Å². The Bertz CT molecular complexity index is 381. The molecule has 1 aliphatic heterocycles. The molecule has 100 valence electrons. The Morgan fingerprint density at radius 3 is 3.00 bits per heavy atom. The van der Waals surface area contributed by atoms with Crippen LogP contribution in [0.4, 0.5) is 11.8 Å². The number of alkyl halides is 1. The summed E-state index contributed by atoms with van der Waals surface area (Å²) < 4.78 is 0. The van der Waals surface area contributed by atoms with Crippen LogP contribution in [0.2, 0.25) is 0 Å². The molecule has 1 aromatic rings. The number of aromatic nitrogens is 2. The van der Waals surface area contributed by atoms with Gasteiger partial charge in [0.2, 0.25) is 5.95 Å². The summed E-state index contributed by atoms with van der Waals surface area (Å²) in [6.45, 7) is 1.07. The van der Waals surface area contributed by atoms with Crippen molar-refractivity contribution in [3.05, 3.63) is 12.3 Å². The molecule has 0 bridgehead atoms. The van der Waals surface area contributed by atoms with Crippen LogP contribution in [-0.2, 0) is 0 Å². The molecule has 1 aromatic heterocycles. The zero-order chi connectivity index (χ0) is 13.0. The lowest BCUT2D eigenvalue weighted by molar-refractivity contribution is 0.448. The van der Waals surface area contributed by atoms with Gasteiger partial charge in [0.05, 0.1) is 0 Å². The van der Waals surface area contributed by atoms with E-state index in [0.29, 0.717) is 11.9 Å². The Balaban J connectivity index is 2.19. The van der Waals surface area contributed by atoms with Gasteiger partial charge in [-0.3, -0.25) is 0 Å². The topological polar surface area (TPSA) is 32.3 Å². The number of anilines is 2. The second kappa shape index (κ2) is 6.23. The molecule has 0 amide bonds. The minimum atomic E-state index is 0.529. The van der Waals surface area contributed by atoms with Crippen molar-refractivity contribution < 1.29 is 0 Å². The van der Waals surface area contributed by atoms with Gasteiger partial charge in [-0.15, -0.1) is 11.6 Å². The molecule has 1 fully saturated rings. The quantitative estimate of drug-likeness (QED) is 0.786. The molecule has 1 unspecified atom stereocenters. The van der Waals surface area contributed by atoms with Gasteiger partial charge in [-0.2, -0.15) is 4.98 Å². The van der Waals surface area contributed by atoms with Crippen molar-refractivity contribution in [1.29, 1.82) is 0 Å². The monoisotopic (exact) mass is 268 g/mol. The van der Waals surface area contributed by atoms with Crippen molar-refractivity contribution in [2.45, 2.75) is 31.7 Å². The molecule has 0 saturated carbocycles. The number of piperidine rings is 1. The van der Waals surface area contributed by atoms with Crippen LogP contribution in [-0.4, -0.2) is 42.5 Å². The van der Waals surface area contributed by atoms with E-state index in [1.807, 2.05) is 31.3 Å². The molecule has 1 atom stereocenters. The normalized spacial score (nSPS) is 19.9. The lowest BCUT2D eigenvalue weighted by Gasteiger charge is -2.36. The van der Waals surface area contributed by atoms with Gasteiger partial charge in [0, 0.05) is 38.8 Å². The summed E-state index contributed by atoms with van der Waals surface area (Å²) in [6.07, 6.45) is 6.62. The van der Waals surface area contributed by atoms with Gasteiger partial charge >= 0.3 is 0 Å². The Hall–Kier alpha value is -1.03. The number of halogens is 1. The van der Waals surface area contributed by atoms with E-state index in [0.717, 1.165) is 24.7 Å². The SMILES string of the molecule is CN(C)c1nccc(N2CCCCC2CCCl)n1. The van der Waals surface area contributed by atoms with E-state index in [4.69, 9.17) is 11.6 Å². The van der Waals surface area contributed by atoms with Crippen molar-refractivity contribution in [3.8, 4) is 0 Å². The first-order valence-electron chi connectivity index (χ1n) is 6.55. The summed E-state index contributed by atoms with van der Waals surface area (Å²) in [5.74, 6) is 2.51. The fourth-order valence-corrected chi connectivity index (χ4v) is 2.69. The first-order chi connectivity index (χ1) is 8.72. The third kappa shape index (κ3) is 3.05. The van der Waals surface area contributed by atoms with Crippen LogP contribution >= 0.6 is 11.6 Å². The van der Waals surface area contributed by atoms with Crippen LogP contribution in [0.3, 0.4) is 0 Å². The van der Waals surface area contributed by atoms with Crippen LogP contribution < -0.4 is 9.80 Å². The van der Waals surface area contributed by atoms with Gasteiger partial charge in [-0.05, 0) is 31.7 Å². The maximum Gasteiger partial charge on any atom is 0.226 e. The first kappa shape index (κ1) is 13.4. The van der Waals surface area contributed by atoms with Gasteiger partial charge in [-0.1, -0.05) is 0 Å². The molecule has 0 N–H and O–H groups in total. The highest BCUT2D eigenvalue weighted by atomic mass is 35.5. The van der Waals surface area contributed by atoms with Crippen LogP contribution in [0.25, 0.3) is 0 Å². The molecule has 1 aliphatic rings. The zero-order valence-corrected chi connectivity index (χ0v) is 11.9. The largest absolute Gasteiger partial charge is 0.353 e. The summed E-state index contributed by atoms with van der Waals surface area (Å²) in [6, 6.07) is 2.53. The molecule has 0 radical (unpaired) electrons. The molecule has 0 aliphatic carbocycles. The molecule has 0 aromatic carbocycles. The summed E-state index contributed by atoms with van der Waals surface area (Å²) in [7, 11) is 3.93. The molecule has 5 heteroatoms. The van der Waals surface area contributed by atoms with E-state index in [1.165, 1.54) is 19.3 Å². The van der Waals surface area contributed by atoms with Gasteiger partial charge in [0.25, 0.3) is 0 Å². The highest BCUT2D eigenvalue weighted by molar-refractivity contribution is 6.17. The third-order valence-electron chi connectivity index (χ3n) is 3.39. The summed E-state index contributed by atoms with van der Waals surface area (Å²) in [5, 5.41) is 0. The summed E-state index contributed by atoms with van der Waals surface area (Å²) >= 11 is 5.90. The minimum Gasteiger partial charge on any atom is -0.353 e. The predicted molar refractivity (Wildman–Crippen MR) is 76.7 cm³/mol. The first-order valence-corrected chi connectivity index (χ1v) is 7.09. The lowest BCUT2D eigenvalue weighted by Crippen LogP contribution is -2.40. The second-order valence-corrected chi connectivity index (χ2v) is 5.31. The maximum absolute atomic E-state index is 5.90. The Morgan fingerprint density at radius 2 is 2.28 bits per heavy atom. The number of hydrogen-bond donors (Lipinski definition) is 0. The lowest BCUT2D eigenvalue weighted by atomic mass is 10.00. The second-order valence-electron chi connectivity index (χ2n) is 4.93. The molecule has 1 saturated heterocycles. The summed E-state index contributed by atoms with van der Waals surface area (Å²) in [5.41, 5.74) is 0. The fourth-order valence-electron chi connectivity index (χ4n) is 2.44. The highest BCUT2D eigenvalue weighted by Gasteiger charge is 2.23. The van der Waals surface area contributed by atoms with E-state index in [-0.39, 0.29) is 0 Å². The molecule has 0 spiro atoms. The molecular weight excluding hydrogens is 248 g/mol. The molecule has 2 rings (SSSR count). The van der Waals surface area contributed by atoms with E-state index in [1.54, 1.807) is 0 Å². The Labute approximate surface area is 114 Å². The molecule has 4 nitrogen and oxygen atoms in total. The van der Waals surface area contributed by atoms with Gasteiger partial charge < -0.3 is 9.80 Å². The number of nitrogens with zero attached hydrogens (tertiary/aromatic N) is 4. The third-order valence-corrected chi connectivity index (χ3v) is 3.61. The van der Waals surface area contributed by atoms with E-state index in [9.17, 15) is 0 Å². The van der Waals surface area contributed by atoms with E-state index >= 15 is 0 Å². The zero-order valence-electron chi connectivity index (χ0n) is 11.1. The van der Waals surface area contributed by atoms with Crippen molar-refractivity contribution in [2.75, 3.05) is 36.3 Å². The Kier molecular flexibility index (Phi) is 4.64. The van der Waals surface area contributed by atoms with Crippen LogP contribution in [0.5, 0.6) is 0 Å². The van der Waals surface area contributed by atoms with E-state index < -0.39 is 0 Å². The average molecular weight is 269 g/mol. The van der Waals surface area contributed by atoms with Crippen molar-refractivity contribution in [3.63, 3.8) is 0 Å². The van der Waals surface area contributed by atoms with Crippen LogP contribution in [0.15, 0.2) is 12.3 Å². The molecule has 18 heavy (non-hydrogen) atoms. The average Bonchev–Trinajstić information content (AvgIpc) is 2.40. The highest BCUT2D eigenvalue weighted by Crippen LogP contribution is 2.25. The van der Waals surface area contributed by atoms with Crippen LogP contribution in [0.1, 0.15) is 25.7 Å². The van der Waals surface area contributed by atoms with E-state index in [2.05, 4.69) is 14.9 Å². The number of hydrogen-bond acceptors (Lipinski definition) is 4. The number of rotatable bonds is 4. The molecular formula is C13H21ClN4. The summed E-state index contributed by atoms with van der Waals surface area (Å²) in [4.78, 5) is 13.2. The van der Waals surface area contributed by atoms with Crippen molar-refractivity contribution in [1.82, 2.24) is 9.97 Å². The maximum atomic E-state index is 5.90. The van der Waals surface area contributed by atoms with Crippen molar-refractivity contribution >= 4 is 23.4 Å². The van der Waals surface area contributed by atoms with Gasteiger partial charge in [-0.25, -0.2) is 4.98 Å². The Morgan fingerprint density at radius 1 is 1.44 bits per heavy atom. The standard InChI is InChI=1S/C13H21ClN4/c1-17(2)13-15-9-7-12(16-13)18-10-4-3-5-11(18)6-8-14/h7,9,11H,3-6,8,10H2,1-2H3. The minimum absolute atomic E-state index is 0.529. The van der Waals surface area contributed by atoms with Gasteiger partial charge in [0.1, 0.15) is 5.82 Å². The van der Waals surface area contributed by atoms with Gasteiger partial charge in [0.15, 0.2) is 0 Å². The fraction of sp³-hybridized carbons (Fsp3) is 0.692.